The molecule has 2 unspecified atom stereocenters. The van der Waals surface area contributed by atoms with Crippen LogP contribution in [0.5, 0.6) is 0 Å². The number of benzene rings is 3. The minimum absolute atomic E-state index is 0.0753. The first-order valence-electron chi connectivity index (χ1n) is 14.5. The number of piperidine rings is 1. The van der Waals surface area contributed by atoms with E-state index in [1.54, 1.807) is 23.1 Å². The van der Waals surface area contributed by atoms with E-state index in [1.807, 2.05) is 60.7 Å². The van der Waals surface area contributed by atoms with Crippen LogP contribution in [-0.4, -0.2) is 62.7 Å². The number of carbonyl (C=O) groups excluding carboxylic acids is 1. The third-order valence-corrected chi connectivity index (χ3v) is 10.0. The summed E-state index contributed by atoms with van der Waals surface area (Å²) in [7, 11) is -3.66. The maximum atomic E-state index is 13.2. The number of hydrogen-bond acceptors (Lipinski definition) is 6. The number of rotatable bonds is 10. The van der Waals surface area contributed by atoms with Gasteiger partial charge in [-0.3, -0.25) is 0 Å². The van der Waals surface area contributed by atoms with Gasteiger partial charge in [0.1, 0.15) is 17.7 Å². The Labute approximate surface area is 249 Å². The van der Waals surface area contributed by atoms with Crippen LogP contribution in [0.4, 0.5) is 10.5 Å². The molecule has 0 aliphatic carbocycles. The van der Waals surface area contributed by atoms with Crippen molar-refractivity contribution in [2.75, 3.05) is 31.5 Å². The van der Waals surface area contributed by atoms with Gasteiger partial charge in [-0.25, -0.2) is 13.2 Å². The minimum Gasteiger partial charge on any atom is -0.445 e. The molecular weight excluding hydrogens is 548 g/mol. The lowest BCUT2D eigenvalue weighted by Crippen LogP contribution is -2.57. The van der Waals surface area contributed by atoms with E-state index >= 15 is 0 Å². The highest BCUT2D eigenvalue weighted by molar-refractivity contribution is 7.89. The highest BCUT2D eigenvalue weighted by Crippen LogP contribution is 2.37. The van der Waals surface area contributed by atoms with Crippen molar-refractivity contribution in [3.63, 3.8) is 0 Å². The molecule has 2 atom stereocenters. The lowest BCUT2D eigenvalue weighted by atomic mass is 9.76. The first-order chi connectivity index (χ1) is 20.3. The predicted molar refractivity (Wildman–Crippen MR) is 166 cm³/mol. The van der Waals surface area contributed by atoms with Gasteiger partial charge in [0.05, 0.1) is 5.69 Å². The lowest BCUT2D eigenvalue weighted by Gasteiger charge is -2.44. The summed E-state index contributed by atoms with van der Waals surface area (Å²) < 4.78 is 34.9. The van der Waals surface area contributed by atoms with E-state index in [9.17, 15) is 13.2 Å². The topological polar surface area (TPSA) is 91.0 Å². The zero-order chi connectivity index (χ0) is 29.6. The molecule has 2 N–H and O–H groups in total. The molecular formula is C33H40N4O4S. The van der Waals surface area contributed by atoms with Crippen molar-refractivity contribution < 1.29 is 17.9 Å². The summed E-state index contributed by atoms with van der Waals surface area (Å²) in [4.78, 5) is 17.5. The van der Waals surface area contributed by atoms with E-state index in [1.165, 1.54) is 0 Å². The summed E-state index contributed by atoms with van der Waals surface area (Å²) in [6.07, 6.45) is 3.32. The van der Waals surface area contributed by atoms with E-state index in [-0.39, 0.29) is 23.6 Å². The highest BCUT2D eigenvalue weighted by Gasteiger charge is 2.42. The van der Waals surface area contributed by atoms with Gasteiger partial charge in [0.25, 0.3) is 0 Å². The number of anilines is 1. The molecule has 0 bridgehead atoms. The number of nitrogens with one attached hydrogen (secondary N) is 2. The van der Waals surface area contributed by atoms with Crippen LogP contribution in [0, 0.1) is 0 Å². The molecule has 2 aliphatic heterocycles. The van der Waals surface area contributed by atoms with Crippen LogP contribution in [0.15, 0.2) is 102 Å². The van der Waals surface area contributed by atoms with Crippen LogP contribution >= 0.6 is 0 Å². The molecule has 0 saturated carbocycles. The van der Waals surface area contributed by atoms with Crippen LogP contribution in [0.25, 0.3) is 0 Å². The smallest absolute Gasteiger partial charge is 0.410 e. The average Bonchev–Trinajstić information content (AvgIpc) is 3.02. The number of likely N-dealkylation sites (tertiary alicyclic amines) is 1. The molecule has 222 valence electrons. The molecule has 2 heterocycles. The first-order valence-corrected chi connectivity index (χ1v) is 16.0. The number of amides is 1. The first kappa shape index (κ1) is 29.8. The van der Waals surface area contributed by atoms with Crippen molar-refractivity contribution in [3.8, 4) is 0 Å². The summed E-state index contributed by atoms with van der Waals surface area (Å²) in [6, 6.07) is 26.9. The van der Waals surface area contributed by atoms with Crippen LogP contribution in [0.2, 0.25) is 0 Å². The summed E-state index contributed by atoms with van der Waals surface area (Å²) in [6.45, 7) is 9.12. The molecule has 1 saturated heterocycles. The van der Waals surface area contributed by atoms with Gasteiger partial charge in [-0.2, -0.15) is 4.72 Å². The molecule has 0 spiro atoms. The Morgan fingerprint density at radius 2 is 1.67 bits per heavy atom. The van der Waals surface area contributed by atoms with E-state index in [0.717, 1.165) is 50.0 Å². The molecule has 9 heteroatoms. The number of sulfonamides is 1. The number of fused-ring (bicyclic) bond motifs is 1. The minimum atomic E-state index is -3.66. The van der Waals surface area contributed by atoms with Gasteiger partial charge >= 0.3 is 6.09 Å². The predicted octanol–water partition coefficient (Wildman–Crippen LogP) is 5.35. The van der Waals surface area contributed by atoms with Crippen LogP contribution in [0.3, 0.4) is 0 Å². The molecule has 2 aliphatic rings. The molecule has 5 rings (SSSR count). The Balaban J connectivity index is 1.23. The standard InChI is InChI=1S/C33H40N4O4S/c1-3-21-37(32(38)41-25-26-12-6-4-7-13-26)28-18-22-36(23-19-28)24-20-33(2,27-14-8-5-9-15-27)31-34-29-16-10-11-17-30(29)42(39,40)35-31/h3-17,28,31,34-35H,1,18-25H2,2H3. The Kier molecular flexibility index (Phi) is 9.30. The van der Waals surface area contributed by atoms with E-state index in [4.69, 9.17) is 4.74 Å². The van der Waals surface area contributed by atoms with Crippen molar-refractivity contribution in [3.05, 3.63) is 109 Å². The summed E-state index contributed by atoms with van der Waals surface area (Å²) >= 11 is 0. The Morgan fingerprint density at radius 1 is 1.02 bits per heavy atom. The number of carbonyl (C=O) groups is 1. The van der Waals surface area contributed by atoms with E-state index in [0.29, 0.717) is 12.2 Å². The van der Waals surface area contributed by atoms with Crippen LogP contribution < -0.4 is 10.0 Å². The number of hydrogen-bond donors (Lipinski definition) is 2. The molecule has 1 amide bonds. The van der Waals surface area contributed by atoms with Crippen LogP contribution in [0.1, 0.15) is 37.3 Å². The second kappa shape index (κ2) is 13.1. The summed E-state index contributed by atoms with van der Waals surface area (Å²) in [5.74, 6) is 0. The van der Waals surface area contributed by atoms with Gasteiger partial charge in [0, 0.05) is 31.1 Å². The van der Waals surface area contributed by atoms with Gasteiger partial charge in [-0.1, -0.05) is 85.8 Å². The molecule has 8 nitrogen and oxygen atoms in total. The van der Waals surface area contributed by atoms with Crippen molar-refractivity contribution in [1.29, 1.82) is 0 Å². The highest BCUT2D eigenvalue weighted by atomic mass is 32.2. The second-order valence-electron chi connectivity index (χ2n) is 11.3. The molecule has 0 aromatic heterocycles. The van der Waals surface area contributed by atoms with E-state index in [2.05, 4.69) is 40.6 Å². The van der Waals surface area contributed by atoms with Crippen molar-refractivity contribution in [2.24, 2.45) is 0 Å². The molecule has 0 radical (unpaired) electrons. The molecule has 3 aromatic rings. The third-order valence-electron chi connectivity index (χ3n) is 8.53. The zero-order valence-electron chi connectivity index (χ0n) is 24.1. The maximum Gasteiger partial charge on any atom is 0.410 e. The van der Waals surface area contributed by atoms with Crippen LogP contribution in [-0.2, 0) is 26.8 Å². The molecule has 42 heavy (non-hydrogen) atoms. The summed E-state index contributed by atoms with van der Waals surface area (Å²) in [5, 5.41) is 3.48. The quantitative estimate of drug-likeness (QED) is 0.310. The van der Waals surface area contributed by atoms with Crippen molar-refractivity contribution in [1.82, 2.24) is 14.5 Å². The van der Waals surface area contributed by atoms with Crippen molar-refractivity contribution >= 4 is 21.8 Å². The summed E-state index contributed by atoms with van der Waals surface area (Å²) in [5.41, 5.74) is 2.12. The second-order valence-corrected chi connectivity index (χ2v) is 13.0. The maximum absolute atomic E-state index is 13.2. The Morgan fingerprint density at radius 3 is 2.36 bits per heavy atom. The number of nitrogens with zero attached hydrogens (tertiary/aromatic N) is 2. The normalized spacial score (nSPS) is 20.0. The zero-order valence-corrected chi connectivity index (χ0v) is 24.9. The van der Waals surface area contributed by atoms with Gasteiger partial charge in [-0.15, -0.1) is 6.58 Å². The van der Waals surface area contributed by atoms with Gasteiger partial charge < -0.3 is 19.9 Å². The monoisotopic (exact) mass is 588 g/mol. The number of ether oxygens (including phenoxy) is 1. The van der Waals surface area contributed by atoms with E-state index < -0.39 is 21.6 Å². The van der Waals surface area contributed by atoms with Gasteiger partial charge in [0.2, 0.25) is 10.0 Å². The number of para-hydroxylation sites is 1. The largest absolute Gasteiger partial charge is 0.445 e. The fraction of sp³-hybridized carbons (Fsp3) is 0.364. The Bertz CT molecular complexity index is 1460. The fourth-order valence-corrected chi connectivity index (χ4v) is 7.38. The molecule has 1 fully saturated rings. The molecule has 3 aromatic carbocycles. The van der Waals surface area contributed by atoms with Crippen molar-refractivity contribution in [2.45, 2.75) is 55.3 Å². The average molecular weight is 589 g/mol. The third kappa shape index (κ3) is 6.69. The SMILES string of the molecule is C=CCN(C(=O)OCc1ccccc1)C1CCN(CCC(C)(c2ccccc2)C2Nc3ccccc3S(=O)(=O)N2)CC1. The van der Waals surface area contributed by atoms with Gasteiger partial charge in [-0.05, 0) is 49.1 Å². The lowest BCUT2D eigenvalue weighted by molar-refractivity contribution is 0.0645. The fourth-order valence-electron chi connectivity index (χ4n) is 5.95. The Hall–Kier alpha value is -3.66. The van der Waals surface area contributed by atoms with Gasteiger partial charge in [0.15, 0.2) is 0 Å².